The van der Waals surface area contributed by atoms with E-state index < -0.39 is 6.10 Å². The summed E-state index contributed by atoms with van der Waals surface area (Å²) in [6, 6.07) is 9.89. The van der Waals surface area contributed by atoms with E-state index in [0.29, 0.717) is 0 Å². The van der Waals surface area contributed by atoms with E-state index in [9.17, 15) is 5.11 Å². The maximum atomic E-state index is 9.55. The van der Waals surface area contributed by atoms with E-state index in [1.165, 1.54) is 6.08 Å². The highest BCUT2D eigenvalue weighted by Crippen LogP contribution is 2.09. The number of hydrogen-bond acceptors (Lipinski definition) is 1. The molecular weight excluding hydrogens is 172 g/mol. The summed E-state index contributed by atoms with van der Waals surface area (Å²) in [5.74, 6) is 0. The second-order valence-electron chi connectivity index (χ2n) is 3.11. The van der Waals surface area contributed by atoms with Crippen LogP contribution in [-0.2, 0) is 0 Å². The van der Waals surface area contributed by atoms with Crippen LogP contribution in [0.4, 0.5) is 0 Å². The summed E-state index contributed by atoms with van der Waals surface area (Å²) in [7, 11) is 0. The molecule has 1 aromatic carbocycles. The predicted octanol–water partition coefficient (Wildman–Crippen LogP) is 2.79. The first-order chi connectivity index (χ1) is 6.74. The van der Waals surface area contributed by atoms with Crippen molar-refractivity contribution < 1.29 is 5.11 Å². The Morgan fingerprint density at radius 1 is 1.43 bits per heavy atom. The molecule has 1 N–H and O–H groups in total. The van der Waals surface area contributed by atoms with E-state index in [1.807, 2.05) is 43.3 Å². The van der Waals surface area contributed by atoms with Gasteiger partial charge in [-0.05, 0) is 24.1 Å². The van der Waals surface area contributed by atoms with Crippen LogP contribution in [0.3, 0.4) is 0 Å². The van der Waals surface area contributed by atoms with E-state index in [1.54, 1.807) is 0 Å². The zero-order chi connectivity index (χ0) is 10.4. The maximum absolute atomic E-state index is 9.55. The highest BCUT2D eigenvalue weighted by atomic mass is 16.3. The molecule has 0 aliphatic heterocycles. The molecule has 0 heterocycles. The van der Waals surface area contributed by atoms with Gasteiger partial charge in [-0.3, -0.25) is 0 Å². The van der Waals surface area contributed by atoms with Crippen LogP contribution in [0, 0.1) is 0 Å². The topological polar surface area (TPSA) is 20.2 Å². The Balaban J connectivity index is 2.83. The maximum Gasteiger partial charge on any atom is 0.101 e. The van der Waals surface area contributed by atoms with Crippen LogP contribution in [0.5, 0.6) is 0 Å². The Labute approximate surface area is 84.7 Å². The fourth-order valence-corrected chi connectivity index (χ4v) is 1.14. The van der Waals surface area contributed by atoms with Crippen LogP contribution in [0.2, 0.25) is 0 Å². The van der Waals surface area contributed by atoms with Crippen molar-refractivity contribution in [1.29, 1.82) is 0 Å². The number of aliphatic hydroxyl groups is 1. The molecule has 14 heavy (non-hydrogen) atoms. The normalized spacial score (nSPS) is 13.1. The number of benzene rings is 1. The van der Waals surface area contributed by atoms with Crippen LogP contribution in [-0.4, -0.2) is 11.2 Å². The van der Waals surface area contributed by atoms with Crippen molar-refractivity contribution >= 4 is 6.08 Å². The van der Waals surface area contributed by atoms with Crippen molar-refractivity contribution in [2.75, 3.05) is 0 Å². The van der Waals surface area contributed by atoms with Crippen molar-refractivity contribution in [3.8, 4) is 0 Å². The highest BCUT2D eigenvalue weighted by Gasteiger charge is 2.00. The minimum atomic E-state index is -0.590. The minimum absolute atomic E-state index is 0.590. The Morgan fingerprint density at radius 3 is 2.64 bits per heavy atom. The van der Waals surface area contributed by atoms with E-state index in [4.69, 9.17) is 0 Å². The SMILES string of the molecule is C=C=C[C@H](O)/C(C)=C\c1ccccc1. The summed E-state index contributed by atoms with van der Waals surface area (Å²) in [6.07, 6.45) is 2.89. The Kier molecular flexibility index (Phi) is 3.93. The van der Waals surface area contributed by atoms with Crippen LogP contribution in [0.15, 0.2) is 54.3 Å². The highest BCUT2D eigenvalue weighted by molar-refractivity contribution is 5.53. The molecule has 0 unspecified atom stereocenters. The summed E-state index contributed by atoms with van der Waals surface area (Å²) in [5, 5.41) is 9.55. The molecule has 0 saturated heterocycles. The number of hydrogen-bond donors (Lipinski definition) is 1. The molecule has 0 aliphatic carbocycles. The average molecular weight is 186 g/mol. The van der Waals surface area contributed by atoms with Gasteiger partial charge in [0.2, 0.25) is 0 Å². The molecule has 1 atom stereocenters. The quantitative estimate of drug-likeness (QED) is 0.720. The predicted molar refractivity (Wildman–Crippen MR) is 59.8 cm³/mol. The molecule has 0 fully saturated rings. The first kappa shape index (κ1) is 10.5. The molecule has 0 amide bonds. The molecule has 1 rings (SSSR count). The fourth-order valence-electron chi connectivity index (χ4n) is 1.14. The van der Waals surface area contributed by atoms with Gasteiger partial charge in [0, 0.05) is 0 Å². The average Bonchev–Trinajstić information content (AvgIpc) is 2.19. The third kappa shape index (κ3) is 3.06. The van der Waals surface area contributed by atoms with E-state index in [0.717, 1.165) is 11.1 Å². The van der Waals surface area contributed by atoms with Gasteiger partial charge in [0.25, 0.3) is 0 Å². The Bertz CT molecular complexity index is 356. The molecule has 1 aromatic rings. The summed E-state index contributed by atoms with van der Waals surface area (Å²) in [6.45, 7) is 5.30. The van der Waals surface area contributed by atoms with Crippen molar-refractivity contribution in [2.45, 2.75) is 13.0 Å². The van der Waals surface area contributed by atoms with Gasteiger partial charge in [-0.1, -0.05) is 43.0 Å². The molecule has 0 spiro atoms. The summed E-state index contributed by atoms with van der Waals surface area (Å²) >= 11 is 0. The number of aliphatic hydroxyl groups excluding tert-OH is 1. The largest absolute Gasteiger partial charge is 0.384 e. The third-order valence-corrected chi connectivity index (χ3v) is 1.94. The first-order valence-electron chi connectivity index (χ1n) is 4.51. The second-order valence-corrected chi connectivity index (χ2v) is 3.11. The van der Waals surface area contributed by atoms with Gasteiger partial charge in [-0.2, -0.15) is 0 Å². The molecule has 72 valence electrons. The van der Waals surface area contributed by atoms with Gasteiger partial charge in [-0.15, -0.1) is 5.73 Å². The van der Waals surface area contributed by atoms with Gasteiger partial charge >= 0.3 is 0 Å². The van der Waals surface area contributed by atoms with Crippen molar-refractivity contribution in [2.24, 2.45) is 0 Å². The standard InChI is InChI=1S/C13H14O/c1-3-7-13(14)11(2)10-12-8-5-4-6-9-12/h4-10,13-14H,1H2,2H3/b11-10-/t13-/m0/s1. The van der Waals surface area contributed by atoms with Crippen LogP contribution < -0.4 is 0 Å². The summed E-state index contributed by atoms with van der Waals surface area (Å²) in [5.41, 5.74) is 4.53. The lowest BCUT2D eigenvalue weighted by atomic mass is 10.1. The smallest absolute Gasteiger partial charge is 0.101 e. The molecule has 0 aromatic heterocycles. The minimum Gasteiger partial charge on any atom is -0.384 e. The van der Waals surface area contributed by atoms with Gasteiger partial charge in [-0.25, -0.2) is 0 Å². The monoisotopic (exact) mass is 186 g/mol. The second kappa shape index (κ2) is 5.23. The van der Waals surface area contributed by atoms with Gasteiger partial charge in [0.15, 0.2) is 0 Å². The number of rotatable bonds is 3. The Morgan fingerprint density at radius 2 is 2.07 bits per heavy atom. The summed E-state index contributed by atoms with van der Waals surface area (Å²) < 4.78 is 0. The van der Waals surface area contributed by atoms with E-state index in [2.05, 4.69) is 12.3 Å². The first-order valence-corrected chi connectivity index (χ1v) is 4.51. The molecule has 0 bridgehead atoms. The molecule has 0 saturated carbocycles. The lowest BCUT2D eigenvalue weighted by Crippen LogP contribution is -2.02. The molecule has 0 aliphatic rings. The van der Waals surface area contributed by atoms with E-state index >= 15 is 0 Å². The summed E-state index contributed by atoms with van der Waals surface area (Å²) in [4.78, 5) is 0. The van der Waals surface area contributed by atoms with Gasteiger partial charge < -0.3 is 5.11 Å². The van der Waals surface area contributed by atoms with E-state index in [-0.39, 0.29) is 0 Å². The molecular formula is C13H14O. The lowest BCUT2D eigenvalue weighted by molar-refractivity contribution is 0.260. The molecule has 0 radical (unpaired) electrons. The van der Waals surface area contributed by atoms with Crippen LogP contribution >= 0.6 is 0 Å². The molecule has 1 nitrogen and oxygen atoms in total. The fraction of sp³-hybridized carbons (Fsp3) is 0.154. The lowest BCUT2D eigenvalue weighted by Gasteiger charge is -2.04. The zero-order valence-corrected chi connectivity index (χ0v) is 8.27. The van der Waals surface area contributed by atoms with Gasteiger partial charge in [0.05, 0.1) is 0 Å². The van der Waals surface area contributed by atoms with Crippen LogP contribution in [0.25, 0.3) is 6.08 Å². The molecule has 1 heteroatoms. The van der Waals surface area contributed by atoms with Gasteiger partial charge in [0.1, 0.15) is 6.10 Å². The van der Waals surface area contributed by atoms with Crippen molar-refractivity contribution in [3.63, 3.8) is 0 Å². The zero-order valence-electron chi connectivity index (χ0n) is 8.27. The van der Waals surface area contributed by atoms with Crippen molar-refractivity contribution in [3.05, 3.63) is 59.9 Å². The third-order valence-electron chi connectivity index (χ3n) is 1.94. The van der Waals surface area contributed by atoms with Crippen LogP contribution in [0.1, 0.15) is 12.5 Å². The van der Waals surface area contributed by atoms with Crippen molar-refractivity contribution in [1.82, 2.24) is 0 Å². The Hall–Kier alpha value is -1.56.